The molecule has 1 aromatic carbocycles. The van der Waals surface area contributed by atoms with E-state index in [0.717, 1.165) is 32.0 Å². The zero-order valence-electron chi connectivity index (χ0n) is 13.6. The molecule has 4 rings (SSSR count). The Morgan fingerprint density at radius 3 is 2.44 bits per heavy atom. The number of halogens is 3. The predicted molar refractivity (Wildman–Crippen MR) is 90.3 cm³/mol. The molecule has 0 unspecified atom stereocenters. The van der Waals surface area contributed by atoms with Crippen LogP contribution in [0, 0.1) is 0 Å². The molecule has 3 aromatic rings. The smallest absolute Gasteiger partial charge is 0.417 e. The maximum atomic E-state index is 13.3. The summed E-state index contributed by atoms with van der Waals surface area (Å²) in [5.41, 5.74) is 9.96. The number of nitrogens with two attached hydrogens (primary N) is 2. The normalized spacial score (nSPS) is 14.8. The Labute approximate surface area is 141 Å². The van der Waals surface area contributed by atoms with Gasteiger partial charge in [0.05, 0.1) is 10.9 Å². The quantitative estimate of drug-likeness (QED) is 0.698. The number of nitrogen functional groups attached to an aromatic ring is 1. The lowest BCUT2D eigenvalue weighted by atomic mass is 10.1. The van der Waals surface area contributed by atoms with Crippen molar-refractivity contribution in [3.8, 4) is 0 Å². The van der Waals surface area contributed by atoms with Crippen molar-refractivity contribution < 1.29 is 17.6 Å². The molecule has 4 N–H and O–H groups in total. The Hall–Kier alpha value is -2.55. The van der Waals surface area contributed by atoms with Crippen LogP contribution in [0.15, 0.2) is 22.6 Å². The second-order valence-electron chi connectivity index (χ2n) is 5.56. The molecule has 3 heterocycles. The Kier molecular flexibility index (Phi) is 4.42. The number of rotatable bonds is 1. The lowest BCUT2D eigenvalue weighted by molar-refractivity contribution is -0.136. The zero-order valence-corrected chi connectivity index (χ0v) is 13.6. The van der Waals surface area contributed by atoms with E-state index in [4.69, 9.17) is 10.2 Å². The van der Waals surface area contributed by atoms with Gasteiger partial charge in [-0.05, 0) is 32.0 Å². The number of hydrogen-bond acceptors (Lipinski definition) is 6. The molecule has 25 heavy (non-hydrogen) atoms. The van der Waals surface area contributed by atoms with Crippen LogP contribution in [0.4, 0.5) is 24.9 Å². The van der Waals surface area contributed by atoms with Gasteiger partial charge < -0.3 is 20.8 Å². The number of nitrogens with zero attached hydrogens (tertiary/aromatic N) is 3. The second kappa shape index (κ2) is 6.40. The minimum atomic E-state index is -4.50. The van der Waals surface area contributed by atoms with Gasteiger partial charge in [-0.3, -0.25) is 0 Å². The first-order valence-corrected chi connectivity index (χ1v) is 7.84. The Morgan fingerprint density at radius 2 is 1.80 bits per heavy atom. The van der Waals surface area contributed by atoms with E-state index in [9.17, 15) is 13.2 Å². The fourth-order valence-corrected chi connectivity index (χ4v) is 3.07. The third-order valence-electron chi connectivity index (χ3n) is 4.05. The third-order valence-corrected chi connectivity index (χ3v) is 4.05. The summed E-state index contributed by atoms with van der Waals surface area (Å²) in [5, 5.41) is -0.0652. The van der Waals surface area contributed by atoms with E-state index in [-0.39, 0.29) is 28.0 Å². The first-order chi connectivity index (χ1) is 11.9. The summed E-state index contributed by atoms with van der Waals surface area (Å²) in [6.07, 6.45) is -2.50. The Morgan fingerprint density at radius 1 is 1.12 bits per heavy atom. The van der Waals surface area contributed by atoms with Crippen molar-refractivity contribution in [3.63, 3.8) is 0 Å². The van der Waals surface area contributed by atoms with Crippen LogP contribution in [0.5, 0.6) is 0 Å². The molecule has 1 aliphatic heterocycles. The van der Waals surface area contributed by atoms with Crippen LogP contribution in [0.3, 0.4) is 0 Å². The second-order valence-corrected chi connectivity index (χ2v) is 5.56. The molecule has 9 heteroatoms. The van der Waals surface area contributed by atoms with E-state index < -0.39 is 11.7 Å². The number of benzene rings is 1. The monoisotopic (exact) mass is 353 g/mol. The first kappa shape index (κ1) is 17.3. The average Bonchev–Trinajstić information content (AvgIpc) is 3.22. The predicted octanol–water partition coefficient (Wildman–Crippen LogP) is 3.15. The summed E-state index contributed by atoms with van der Waals surface area (Å²) in [7, 11) is 1.50. The van der Waals surface area contributed by atoms with Crippen LogP contribution in [0.2, 0.25) is 0 Å². The highest BCUT2D eigenvalue weighted by atomic mass is 19.4. The molecular formula is C16H18F3N5O. The zero-order chi connectivity index (χ0) is 18.2. The van der Waals surface area contributed by atoms with E-state index >= 15 is 0 Å². The van der Waals surface area contributed by atoms with Gasteiger partial charge in [0.2, 0.25) is 5.95 Å². The Bertz CT molecular complexity index is 900. The maximum Gasteiger partial charge on any atom is 0.417 e. The van der Waals surface area contributed by atoms with Gasteiger partial charge in [-0.15, -0.1) is 0 Å². The van der Waals surface area contributed by atoms with Gasteiger partial charge in [0.25, 0.3) is 0 Å². The third kappa shape index (κ3) is 2.95. The first-order valence-electron chi connectivity index (χ1n) is 7.84. The van der Waals surface area contributed by atoms with E-state index in [1.165, 1.54) is 19.2 Å². The Balaban J connectivity index is 0.000000880. The topological polar surface area (TPSA) is 94.2 Å². The number of fused-ring (bicyclic) bond motifs is 3. The van der Waals surface area contributed by atoms with Crippen molar-refractivity contribution in [1.82, 2.24) is 9.97 Å². The van der Waals surface area contributed by atoms with Gasteiger partial charge >= 0.3 is 6.18 Å². The van der Waals surface area contributed by atoms with Gasteiger partial charge in [-0.2, -0.15) is 18.2 Å². The minimum Gasteiger partial charge on any atom is -0.450 e. The van der Waals surface area contributed by atoms with Crippen LogP contribution in [-0.4, -0.2) is 30.1 Å². The summed E-state index contributed by atoms with van der Waals surface area (Å²) >= 11 is 0. The van der Waals surface area contributed by atoms with Crippen molar-refractivity contribution >= 4 is 33.8 Å². The number of anilines is 2. The van der Waals surface area contributed by atoms with Gasteiger partial charge in [-0.25, -0.2) is 4.98 Å². The van der Waals surface area contributed by atoms with E-state index in [1.54, 1.807) is 0 Å². The van der Waals surface area contributed by atoms with Gasteiger partial charge in [0.15, 0.2) is 11.4 Å². The van der Waals surface area contributed by atoms with Crippen LogP contribution in [0.1, 0.15) is 18.4 Å². The molecule has 1 fully saturated rings. The molecule has 2 aromatic heterocycles. The van der Waals surface area contributed by atoms with Crippen LogP contribution in [0.25, 0.3) is 22.1 Å². The summed E-state index contributed by atoms with van der Waals surface area (Å²) in [4.78, 5) is 10.2. The molecular weight excluding hydrogens is 335 g/mol. The average molecular weight is 353 g/mol. The molecule has 0 amide bonds. The number of aromatic nitrogens is 2. The van der Waals surface area contributed by atoms with E-state index in [2.05, 4.69) is 15.7 Å². The highest BCUT2D eigenvalue weighted by molar-refractivity contribution is 6.08. The number of alkyl halides is 3. The largest absolute Gasteiger partial charge is 0.450 e. The summed E-state index contributed by atoms with van der Waals surface area (Å²) in [6, 6.07) is 3.83. The van der Waals surface area contributed by atoms with Crippen molar-refractivity contribution in [2.45, 2.75) is 19.0 Å². The van der Waals surface area contributed by atoms with Crippen LogP contribution < -0.4 is 16.4 Å². The number of furan rings is 1. The highest BCUT2D eigenvalue weighted by Gasteiger charge is 2.35. The van der Waals surface area contributed by atoms with Crippen molar-refractivity contribution in [2.24, 2.45) is 5.73 Å². The lowest BCUT2D eigenvalue weighted by Gasteiger charge is -2.16. The van der Waals surface area contributed by atoms with E-state index in [1.807, 2.05) is 4.90 Å². The number of hydrogen-bond donors (Lipinski definition) is 2. The van der Waals surface area contributed by atoms with Crippen LogP contribution >= 0.6 is 0 Å². The summed E-state index contributed by atoms with van der Waals surface area (Å²) in [5.74, 6) is 0.411. The van der Waals surface area contributed by atoms with Gasteiger partial charge in [0, 0.05) is 13.1 Å². The van der Waals surface area contributed by atoms with Crippen molar-refractivity contribution in [2.75, 3.05) is 30.8 Å². The molecule has 134 valence electrons. The molecule has 0 aliphatic carbocycles. The van der Waals surface area contributed by atoms with Crippen molar-refractivity contribution in [1.29, 1.82) is 0 Å². The molecule has 0 radical (unpaired) electrons. The lowest BCUT2D eigenvalue weighted by Crippen LogP contribution is -2.20. The maximum absolute atomic E-state index is 13.3. The summed E-state index contributed by atoms with van der Waals surface area (Å²) in [6.45, 7) is 1.55. The summed E-state index contributed by atoms with van der Waals surface area (Å²) < 4.78 is 45.6. The molecule has 0 spiro atoms. The fourth-order valence-electron chi connectivity index (χ4n) is 3.07. The SMILES string of the molecule is CN.Nc1nc(N2CCCC2)c2oc3cccc(C(F)(F)F)c3c2n1. The molecule has 1 aliphatic rings. The highest BCUT2D eigenvalue weighted by Crippen LogP contribution is 2.41. The fraction of sp³-hybridized carbons (Fsp3) is 0.375. The molecule has 0 bridgehead atoms. The standard InChI is InChI=1S/C15H13F3N4O.CH5N/c16-15(17,18)8-4-3-5-9-10(8)11-12(23-9)13(21-14(19)20-11)22-6-1-2-7-22;1-2/h3-5H,1-2,6-7H2,(H2,19,20,21);2H2,1H3. The molecule has 1 saturated heterocycles. The van der Waals surface area contributed by atoms with Crippen LogP contribution in [-0.2, 0) is 6.18 Å². The van der Waals surface area contributed by atoms with Crippen molar-refractivity contribution in [3.05, 3.63) is 23.8 Å². The van der Waals surface area contributed by atoms with E-state index in [0.29, 0.717) is 5.82 Å². The van der Waals surface area contributed by atoms with Gasteiger partial charge in [0.1, 0.15) is 11.1 Å². The van der Waals surface area contributed by atoms with Gasteiger partial charge in [-0.1, -0.05) is 6.07 Å². The minimum absolute atomic E-state index is 0.0564. The molecule has 0 saturated carbocycles. The molecule has 0 atom stereocenters. The molecule has 6 nitrogen and oxygen atoms in total.